The molecule has 3 aromatic rings. The molecule has 0 saturated carbocycles. The van der Waals surface area contributed by atoms with Crippen molar-refractivity contribution in [2.45, 2.75) is 45.1 Å². The standard InChI is InChI=1S/C19H22N4O2S/c1-12(24)21-18-22-15-5-4-14(10-16(15)26-18)23-8-7-20-17(23)13-6-9-25-19(2,3)11-13/h4-5,7-8,10,13H,6,9,11H2,1-3H3,(H,21,22,24). The highest BCUT2D eigenvalue weighted by atomic mass is 32.1. The Morgan fingerprint density at radius 1 is 1.42 bits per heavy atom. The molecule has 2 aromatic heterocycles. The van der Waals surface area contributed by atoms with Crippen LogP contribution in [0.3, 0.4) is 0 Å². The fraction of sp³-hybridized carbons (Fsp3) is 0.421. The maximum absolute atomic E-state index is 11.2. The highest BCUT2D eigenvalue weighted by molar-refractivity contribution is 7.22. The molecule has 3 heterocycles. The smallest absolute Gasteiger partial charge is 0.223 e. The van der Waals surface area contributed by atoms with E-state index in [4.69, 9.17) is 4.74 Å². The molecule has 1 unspecified atom stereocenters. The number of ether oxygens (including phenoxy) is 1. The number of nitrogens with zero attached hydrogens (tertiary/aromatic N) is 3. The van der Waals surface area contributed by atoms with Gasteiger partial charge < -0.3 is 14.6 Å². The van der Waals surface area contributed by atoms with Gasteiger partial charge in [0.15, 0.2) is 5.13 Å². The molecule has 0 spiro atoms. The van der Waals surface area contributed by atoms with Crippen molar-refractivity contribution in [1.82, 2.24) is 14.5 Å². The Hall–Kier alpha value is -2.25. The molecule has 1 saturated heterocycles. The van der Waals surface area contributed by atoms with Gasteiger partial charge >= 0.3 is 0 Å². The minimum atomic E-state index is -0.116. The Morgan fingerprint density at radius 3 is 3.04 bits per heavy atom. The van der Waals surface area contributed by atoms with Gasteiger partial charge in [-0.25, -0.2) is 9.97 Å². The van der Waals surface area contributed by atoms with Crippen molar-refractivity contribution in [3.8, 4) is 5.69 Å². The third kappa shape index (κ3) is 3.37. The second kappa shape index (κ2) is 6.48. The van der Waals surface area contributed by atoms with Crippen LogP contribution in [-0.2, 0) is 9.53 Å². The largest absolute Gasteiger partial charge is 0.376 e. The second-order valence-corrected chi connectivity index (χ2v) is 8.34. The molecule has 136 valence electrons. The normalized spacial score (nSPS) is 19.6. The van der Waals surface area contributed by atoms with Crippen LogP contribution in [0.25, 0.3) is 15.9 Å². The van der Waals surface area contributed by atoms with Crippen molar-refractivity contribution in [3.05, 3.63) is 36.4 Å². The average Bonchev–Trinajstić information content (AvgIpc) is 3.18. The Bertz CT molecular complexity index is 960. The van der Waals surface area contributed by atoms with Crippen molar-refractivity contribution >= 4 is 32.6 Å². The Morgan fingerprint density at radius 2 is 2.27 bits per heavy atom. The number of fused-ring (bicyclic) bond motifs is 1. The summed E-state index contributed by atoms with van der Waals surface area (Å²) in [6.45, 7) is 6.53. The molecule has 0 radical (unpaired) electrons. The van der Waals surface area contributed by atoms with Crippen LogP contribution in [0.15, 0.2) is 30.6 Å². The van der Waals surface area contributed by atoms with E-state index in [1.54, 1.807) is 0 Å². The number of imidazole rings is 1. The zero-order valence-electron chi connectivity index (χ0n) is 15.2. The van der Waals surface area contributed by atoms with Crippen molar-refractivity contribution in [3.63, 3.8) is 0 Å². The molecule has 7 heteroatoms. The second-order valence-electron chi connectivity index (χ2n) is 7.31. The first-order valence-electron chi connectivity index (χ1n) is 8.77. The van der Waals surface area contributed by atoms with Crippen LogP contribution >= 0.6 is 11.3 Å². The molecule has 1 fully saturated rings. The molecular formula is C19H22N4O2S. The summed E-state index contributed by atoms with van der Waals surface area (Å²) in [4.78, 5) is 20.3. The van der Waals surface area contributed by atoms with Gasteiger partial charge in [0.25, 0.3) is 0 Å². The lowest BCUT2D eigenvalue weighted by Gasteiger charge is -2.35. The van der Waals surface area contributed by atoms with Gasteiger partial charge in [0, 0.05) is 37.5 Å². The maximum Gasteiger partial charge on any atom is 0.223 e. The summed E-state index contributed by atoms with van der Waals surface area (Å²) in [6.07, 6.45) is 5.81. The Kier molecular flexibility index (Phi) is 4.28. The lowest BCUT2D eigenvalue weighted by molar-refractivity contribution is -0.114. The monoisotopic (exact) mass is 370 g/mol. The highest BCUT2D eigenvalue weighted by Gasteiger charge is 2.32. The first-order valence-corrected chi connectivity index (χ1v) is 9.59. The van der Waals surface area contributed by atoms with Crippen LogP contribution in [0.2, 0.25) is 0 Å². The lowest BCUT2D eigenvalue weighted by Crippen LogP contribution is -2.33. The SMILES string of the molecule is CC(=O)Nc1nc2ccc(-n3ccnc3C3CCOC(C)(C)C3)cc2s1. The number of rotatable bonds is 3. The van der Waals surface area contributed by atoms with E-state index in [9.17, 15) is 4.79 Å². The van der Waals surface area contributed by atoms with Gasteiger partial charge in [-0.1, -0.05) is 11.3 Å². The predicted octanol–water partition coefficient (Wildman–Crippen LogP) is 4.11. The zero-order chi connectivity index (χ0) is 18.3. The van der Waals surface area contributed by atoms with Gasteiger partial charge in [-0.15, -0.1) is 0 Å². The van der Waals surface area contributed by atoms with Crippen molar-refractivity contribution < 1.29 is 9.53 Å². The van der Waals surface area contributed by atoms with Crippen LogP contribution in [0.4, 0.5) is 5.13 Å². The fourth-order valence-corrected chi connectivity index (χ4v) is 4.50. The molecule has 1 aliphatic rings. The quantitative estimate of drug-likeness (QED) is 0.753. The molecule has 1 aliphatic heterocycles. The summed E-state index contributed by atoms with van der Waals surface area (Å²) in [7, 11) is 0. The molecule has 1 atom stereocenters. The number of hydrogen-bond donors (Lipinski definition) is 1. The van der Waals surface area contributed by atoms with Gasteiger partial charge in [0.1, 0.15) is 5.82 Å². The van der Waals surface area contributed by atoms with Crippen LogP contribution in [-0.4, -0.2) is 32.7 Å². The van der Waals surface area contributed by atoms with Gasteiger partial charge in [-0.3, -0.25) is 4.79 Å². The maximum atomic E-state index is 11.2. The van der Waals surface area contributed by atoms with E-state index in [0.717, 1.165) is 41.2 Å². The molecule has 1 aromatic carbocycles. The van der Waals surface area contributed by atoms with E-state index in [1.807, 2.05) is 18.5 Å². The fourth-order valence-electron chi connectivity index (χ4n) is 3.55. The van der Waals surface area contributed by atoms with Gasteiger partial charge in [-0.2, -0.15) is 0 Å². The van der Waals surface area contributed by atoms with Crippen LogP contribution in [0.5, 0.6) is 0 Å². The molecular weight excluding hydrogens is 348 g/mol. The summed E-state index contributed by atoms with van der Waals surface area (Å²) in [6, 6.07) is 6.15. The van der Waals surface area contributed by atoms with Crippen LogP contribution < -0.4 is 5.32 Å². The van der Waals surface area contributed by atoms with Gasteiger partial charge in [0.05, 0.1) is 15.8 Å². The number of carbonyl (C=O) groups is 1. The van der Waals surface area contributed by atoms with E-state index in [2.05, 4.69) is 45.8 Å². The summed E-state index contributed by atoms with van der Waals surface area (Å²) in [5.41, 5.74) is 1.83. The van der Waals surface area contributed by atoms with Crippen molar-refractivity contribution in [2.75, 3.05) is 11.9 Å². The molecule has 0 bridgehead atoms. The summed E-state index contributed by atoms with van der Waals surface area (Å²) in [5, 5.41) is 3.38. The van der Waals surface area contributed by atoms with Crippen molar-refractivity contribution in [2.24, 2.45) is 0 Å². The summed E-state index contributed by atoms with van der Waals surface area (Å²) in [5.74, 6) is 1.34. The number of carbonyl (C=O) groups excluding carboxylic acids is 1. The molecule has 0 aliphatic carbocycles. The first kappa shape index (κ1) is 17.2. The third-order valence-corrected chi connectivity index (χ3v) is 5.60. The van der Waals surface area contributed by atoms with Crippen molar-refractivity contribution in [1.29, 1.82) is 0 Å². The van der Waals surface area contributed by atoms with E-state index in [-0.39, 0.29) is 11.5 Å². The Balaban J connectivity index is 1.68. The number of thiazole rings is 1. The molecule has 1 N–H and O–H groups in total. The number of amides is 1. The van der Waals surface area contributed by atoms with Crippen LogP contribution in [0, 0.1) is 0 Å². The first-order chi connectivity index (χ1) is 12.4. The molecule has 1 amide bonds. The summed E-state index contributed by atoms with van der Waals surface area (Å²) >= 11 is 1.48. The number of benzene rings is 1. The van der Waals surface area contributed by atoms with Gasteiger partial charge in [-0.05, 0) is 44.9 Å². The number of anilines is 1. The lowest BCUT2D eigenvalue weighted by atomic mass is 9.88. The number of hydrogen-bond acceptors (Lipinski definition) is 5. The zero-order valence-corrected chi connectivity index (χ0v) is 16.0. The minimum Gasteiger partial charge on any atom is -0.376 e. The van der Waals surface area contributed by atoms with Crippen LogP contribution in [0.1, 0.15) is 45.4 Å². The van der Waals surface area contributed by atoms with E-state index in [1.165, 1.54) is 18.3 Å². The summed E-state index contributed by atoms with van der Waals surface area (Å²) < 4.78 is 9.05. The minimum absolute atomic E-state index is 0.108. The molecule has 6 nitrogen and oxygen atoms in total. The molecule has 26 heavy (non-hydrogen) atoms. The van der Waals surface area contributed by atoms with Gasteiger partial charge in [0.2, 0.25) is 5.91 Å². The third-order valence-electron chi connectivity index (χ3n) is 4.66. The highest BCUT2D eigenvalue weighted by Crippen LogP contribution is 2.36. The molecule has 4 rings (SSSR count). The topological polar surface area (TPSA) is 69.0 Å². The Labute approximate surface area is 156 Å². The number of aromatic nitrogens is 3. The predicted molar refractivity (Wildman–Crippen MR) is 103 cm³/mol. The average molecular weight is 370 g/mol. The van der Waals surface area contributed by atoms with E-state index >= 15 is 0 Å². The van der Waals surface area contributed by atoms with E-state index in [0.29, 0.717) is 11.0 Å². The number of nitrogens with one attached hydrogen (secondary N) is 1. The van der Waals surface area contributed by atoms with E-state index < -0.39 is 0 Å².